The van der Waals surface area contributed by atoms with Crippen LogP contribution in [0.4, 0.5) is 0 Å². The molecule has 2 aliphatic rings. The first-order chi connectivity index (χ1) is 13.9. The maximum atomic E-state index is 13.1. The molecular weight excluding hydrogens is 406 g/mol. The molecule has 1 atom stereocenters. The Kier molecular flexibility index (Phi) is 5.47. The van der Waals surface area contributed by atoms with Crippen molar-refractivity contribution < 1.29 is 13.2 Å². The zero-order valence-corrected chi connectivity index (χ0v) is 17.9. The highest BCUT2D eigenvalue weighted by Crippen LogP contribution is 2.35. The minimum absolute atomic E-state index is 0.0814. The molecule has 29 heavy (non-hydrogen) atoms. The second kappa shape index (κ2) is 7.90. The van der Waals surface area contributed by atoms with Gasteiger partial charge in [-0.1, -0.05) is 0 Å². The highest BCUT2D eigenvalue weighted by molar-refractivity contribution is 7.89. The lowest BCUT2D eigenvalue weighted by molar-refractivity contribution is -0.139. The Hall–Kier alpha value is -2.21. The molecule has 152 valence electrons. The van der Waals surface area contributed by atoms with E-state index in [9.17, 15) is 13.2 Å². The van der Waals surface area contributed by atoms with Crippen LogP contribution in [-0.4, -0.2) is 43.2 Å². The Balaban J connectivity index is 1.41. The fourth-order valence-electron chi connectivity index (χ4n) is 4.24. The molecule has 2 aliphatic heterocycles. The number of carbonyl (C=O) groups is 1. The van der Waals surface area contributed by atoms with Gasteiger partial charge >= 0.3 is 0 Å². The Morgan fingerprint density at radius 3 is 2.48 bits per heavy atom. The second-order valence-electron chi connectivity index (χ2n) is 7.57. The van der Waals surface area contributed by atoms with Gasteiger partial charge in [0.2, 0.25) is 15.9 Å². The first-order valence-electron chi connectivity index (χ1n) is 9.79. The van der Waals surface area contributed by atoms with Crippen LogP contribution in [0.3, 0.4) is 0 Å². The third kappa shape index (κ3) is 3.70. The molecule has 0 spiro atoms. The first-order valence-corrected chi connectivity index (χ1v) is 12.1. The first kappa shape index (κ1) is 20.1. The predicted octanol–water partition coefficient (Wildman–Crippen LogP) is 3.17. The minimum Gasteiger partial charge on any atom is -0.335 e. The average Bonchev–Trinajstić information content (AvgIpc) is 3.23. The lowest BCUT2D eigenvalue weighted by Crippen LogP contribution is -2.46. The Morgan fingerprint density at radius 2 is 1.83 bits per heavy atom. The third-order valence-corrected chi connectivity index (χ3v) is 8.89. The van der Waals surface area contributed by atoms with E-state index in [1.165, 1.54) is 39.0 Å². The van der Waals surface area contributed by atoms with Crippen molar-refractivity contribution in [3.05, 3.63) is 51.7 Å². The van der Waals surface area contributed by atoms with Gasteiger partial charge in [-0.2, -0.15) is 9.57 Å². The molecule has 3 heterocycles. The fourth-order valence-corrected chi connectivity index (χ4v) is 6.67. The van der Waals surface area contributed by atoms with Crippen LogP contribution >= 0.6 is 11.3 Å². The summed E-state index contributed by atoms with van der Waals surface area (Å²) in [6.45, 7) is 3.49. The minimum atomic E-state index is -3.60. The zero-order chi connectivity index (χ0) is 20.6. The number of amides is 1. The van der Waals surface area contributed by atoms with Crippen LogP contribution < -0.4 is 0 Å². The maximum Gasteiger partial charge on any atom is 0.243 e. The Morgan fingerprint density at radius 1 is 1.14 bits per heavy atom. The summed E-state index contributed by atoms with van der Waals surface area (Å²) >= 11 is 1.75. The Labute approximate surface area is 175 Å². The number of nitriles is 1. The van der Waals surface area contributed by atoms with Crippen molar-refractivity contribution in [2.75, 3.05) is 19.6 Å². The van der Waals surface area contributed by atoms with E-state index in [1.807, 2.05) is 11.0 Å². The van der Waals surface area contributed by atoms with E-state index in [0.29, 0.717) is 31.5 Å². The maximum absolute atomic E-state index is 13.1. The van der Waals surface area contributed by atoms with E-state index in [2.05, 4.69) is 18.4 Å². The average molecular weight is 430 g/mol. The summed E-state index contributed by atoms with van der Waals surface area (Å²) in [6.07, 6.45) is 1.97. The molecule has 0 N–H and O–H groups in total. The predicted molar refractivity (Wildman–Crippen MR) is 111 cm³/mol. The van der Waals surface area contributed by atoms with E-state index in [4.69, 9.17) is 5.26 Å². The van der Waals surface area contributed by atoms with Gasteiger partial charge < -0.3 is 4.90 Å². The van der Waals surface area contributed by atoms with E-state index in [1.54, 1.807) is 11.3 Å². The summed E-state index contributed by atoms with van der Waals surface area (Å²) in [4.78, 5) is 16.6. The van der Waals surface area contributed by atoms with Crippen molar-refractivity contribution in [2.24, 2.45) is 5.92 Å². The van der Waals surface area contributed by atoms with Gasteiger partial charge in [-0.25, -0.2) is 8.42 Å². The van der Waals surface area contributed by atoms with Crippen molar-refractivity contribution in [1.29, 1.82) is 5.26 Å². The molecule has 2 aromatic rings. The lowest BCUT2D eigenvalue weighted by atomic mass is 9.93. The number of carbonyl (C=O) groups excluding carboxylic acids is 1. The largest absolute Gasteiger partial charge is 0.335 e. The topological polar surface area (TPSA) is 81.5 Å². The highest BCUT2D eigenvalue weighted by Gasteiger charge is 2.36. The van der Waals surface area contributed by atoms with Crippen molar-refractivity contribution in [2.45, 2.75) is 37.1 Å². The van der Waals surface area contributed by atoms with Crippen molar-refractivity contribution in [3.63, 3.8) is 0 Å². The third-order valence-electron chi connectivity index (χ3n) is 5.98. The van der Waals surface area contributed by atoms with E-state index < -0.39 is 10.0 Å². The number of hydrogen-bond donors (Lipinski definition) is 0. The summed E-state index contributed by atoms with van der Waals surface area (Å²) in [7, 11) is -3.60. The van der Waals surface area contributed by atoms with Crippen LogP contribution in [0.2, 0.25) is 0 Å². The van der Waals surface area contributed by atoms with Gasteiger partial charge in [0.15, 0.2) is 0 Å². The molecule has 1 aromatic carbocycles. The fraction of sp³-hybridized carbons (Fsp3) is 0.429. The summed E-state index contributed by atoms with van der Waals surface area (Å²) in [5.74, 6) is 0.00909. The van der Waals surface area contributed by atoms with Crippen molar-refractivity contribution >= 4 is 27.3 Å². The molecule has 0 bridgehead atoms. The molecule has 1 saturated heterocycles. The van der Waals surface area contributed by atoms with Crippen LogP contribution in [0.15, 0.2) is 40.6 Å². The number of fused-ring (bicyclic) bond motifs is 1. The highest BCUT2D eigenvalue weighted by atomic mass is 32.2. The summed E-state index contributed by atoms with van der Waals surface area (Å²) < 4.78 is 27.2. The molecule has 0 saturated carbocycles. The molecule has 0 aliphatic carbocycles. The molecule has 0 unspecified atom stereocenters. The van der Waals surface area contributed by atoms with Gasteiger partial charge in [0.1, 0.15) is 0 Å². The molecule has 8 heteroatoms. The number of rotatable bonds is 3. The van der Waals surface area contributed by atoms with Crippen LogP contribution in [0.1, 0.15) is 41.8 Å². The zero-order valence-electron chi connectivity index (χ0n) is 16.2. The molecule has 4 rings (SSSR count). The Bertz CT molecular complexity index is 1050. The van der Waals surface area contributed by atoms with E-state index in [-0.39, 0.29) is 22.8 Å². The standard InChI is InChI=1S/C21H23N3O3S2/c1-15-19-9-13-28-20(19)8-12-24(15)21(25)17-6-10-23(11-7-17)29(26,27)18-4-2-16(14-22)3-5-18/h2-5,9,13,15,17H,6-8,10-12H2,1H3/t15-/m1/s1. The van der Waals surface area contributed by atoms with Gasteiger partial charge in [0.05, 0.1) is 22.6 Å². The number of thiophene rings is 1. The van der Waals surface area contributed by atoms with Crippen LogP contribution in [0, 0.1) is 17.2 Å². The molecule has 1 fully saturated rings. The van der Waals surface area contributed by atoms with E-state index >= 15 is 0 Å². The van der Waals surface area contributed by atoms with E-state index in [0.717, 1.165) is 13.0 Å². The molecule has 6 nitrogen and oxygen atoms in total. The quantitative estimate of drug-likeness (QED) is 0.750. The monoisotopic (exact) mass is 429 g/mol. The number of benzene rings is 1. The number of piperidine rings is 1. The van der Waals surface area contributed by atoms with Gasteiger partial charge in [-0.15, -0.1) is 11.3 Å². The van der Waals surface area contributed by atoms with Gasteiger partial charge in [-0.3, -0.25) is 4.79 Å². The van der Waals surface area contributed by atoms with Crippen LogP contribution in [0.25, 0.3) is 0 Å². The SMILES string of the molecule is C[C@@H]1c2ccsc2CCN1C(=O)C1CCN(S(=O)(=O)c2ccc(C#N)cc2)CC1. The molecule has 0 radical (unpaired) electrons. The summed E-state index contributed by atoms with van der Waals surface area (Å²) in [5.41, 5.74) is 1.67. The lowest BCUT2D eigenvalue weighted by Gasteiger charge is -2.38. The molecule has 1 amide bonds. The van der Waals surface area contributed by atoms with Gasteiger partial charge in [-0.05, 0) is 67.5 Å². The number of hydrogen-bond acceptors (Lipinski definition) is 5. The van der Waals surface area contributed by atoms with Gasteiger partial charge in [0.25, 0.3) is 0 Å². The van der Waals surface area contributed by atoms with Crippen LogP contribution in [0.5, 0.6) is 0 Å². The normalized spacial score (nSPS) is 20.8. The summed E-state index contributed by atoms with van der Waals surface area (Å²) in [6, 6.07) is 10.2. The number of nitrogens with zero attached hydrogens (tertiary/aromatic N) is 3. The summed E-state index contributed by atoms with van der Waals surface area (Å²) in [5, 5.41) is 11.0. The molecule has 1 aromatic heterocycles. The van der Waals surface area contributed by atoms with Gasteiger partial charge in [0, 0.05) is 30.4 Å². The second-order valence-corrected chi connectivity index (χ2v) is 10.5. The van der Waals surface area contributed by atoms with Crippen molar-refractivity contribution in [1.82, 2.24) is 9.21 Å². The number of sulfonamides is 1. The van der Waals surface area contributed by atoms with Crippen LogP contribution in [-0.2, 0) is 21.2 Å². The molecular formula is C21H23N3O3S2. The van der Waals surface area contributed by atoms with Crippen molar-refractivity contribution in [3.8, 4) is 6.07 Å². The smallest absolute Gasteiger partial charge is 0.243 e.